The highest BCUT2D eigenvalue weighted by Gasteiger charge is 2.09. The molecule has 0 unspecified atom stereocenters. The Hall–Kier alpha value is -3.49. The van der Waals surface area contributed by atoms with Crippen LogP contribution in [0.4, 0.5) is 4.39 Å². The third-order valence-corrected chi connectivity index (χ3v) is 4.47. The van der Waals surface area contributed by atoms with E-state index in [1.807, 2.05) is 11.6 Å². The number of aryl methyl sites for hydroxylation is 2. The zero-order valence-electron chi connectivity index (χ0n) is 15.8. The molecule has 28 heavy (non-hydrogen) atoms. The van der Waals surface area contributed by atoms with Gasteiger partial charge in [-0.3, -0.25) is 14.2 Å². The molecule has 1 aromatic carbocycles. The van der Waals surface area contributed by atoms with Gasteiger partial charge in [-0.05, 0) is 18.2 Å². The van der Waals surface area contributed by atoms with Gasteiger partial charge in [0.05, 0.1) is 16.6 Å². The number of fused-ring (bicyclic) bond motifs is 1. The van der Waals surface area contributed by atoms with Crippen LogP contribution in [-0.4, -0.2) is 31.1 Å². The van der Waals surface area contributed by atoms with Gasteiger partial charge in [0.2, 0.25) is 5.91 Å². The second-order valence-corrected chi connectivity index (χ2v) is 6.44. The van der Waals surface area contributed by atoms with Gasteiger partial charge in [-0.1, -0.05) is 0 Å². The van der Waals surface area contributed by atoms with E-state index in [0.29, 0.717) is 18.5 Å². The molecule has 3 aromatic rings. The van der Waals surface area contributed by atoms with Crippen LogP contribution in [0.5, 0.6) is 0 Å². The quantitative estimate of drug-likeness (QED) is 0.647. The van der Waals surface area contributed by atoms with Crippen molar-refractivity contribution in [2.45, 2.75) is 6.42 Å². The van der Waals surface area contributed by atoms with Gasteiger partial charge in [0.15, 0.2) is 0 Å². The lowest BCUT2D eigenvalue weighted by Gasteiger charge is -2.04. The van der Waals surface area contributed by atoms with E-state index in [9.17, 15) is 18.8 Å². The first-order valence-electron chi connectivity index (χ1n) is 8.61. The van der Waals surface area contributed by atoms with Gasteiger partial charge >= 0.3 is 5.69 Å². The SMILES string of the molecule is Cn1cc(/C=C/C(=O)NCCc2nc3cc(F)ccc3n2C)c(=O)n(C)c1=O. The normalized spacial score (nSPS) is 11.4. The van der Waals surface area contributed by atoms with E-state index in [1.54, 1.807) is 6.07 Å². The largest absolute Gasteiger partial charge is 0.352 e. The predicted molar refractivity (Wildman–Crippen MR) is 103 cm³/mol. The molecule has 9 heteroatoms. The highest BCUT2D eigenvalue weighted by Crippen LogP contribution is 2.16. The van der Waals surface area contributed by atoms with Crippen LogP contribution >= 0.6 is 0 Å². The summed E-state index contributed by atoms with van der Waals surface area (Å²) in [6.07, 6.45) is 4.46. The first kappa shape index (κ1) is 19.3. The van der Waals surface area contributed by atoms with Crippen molar-refractivity contribution in [3.63, 3.8) is 0 Å². The number of benzene rings is 1. The summed E-state index contributed by atoms with van der Waals surface area (Å²) in [5.41, 5.74) is 0.701. The molecule has 146 valence electrons. The maximum absolute atomic E-state index is 13.3. The number of nitrogens with one attached hydrogen (secondary N) is 1. The van der Waals surface area contributed by atoms with Gasteiger partial charge in [-0.2, -0.15) is 0 Å². The number of nitrogens with zero attached hydrogens (tertiary/aromatic N) is 4. The number of amides is 1. The number of hydrogen-bond acceptors (Lipinski definition) is 4. The molecule has 3 rings (SSSR count). The molecule has 0 atom stereocenters. The van der Waals surface area contributed by atoms with Crippen molar-refractivity contribution in [2.75, 3.05) is 6.54 Å². The first-order valence-corrected chi connectivity index (χ1v) is 8.61. The molecule has 8 nitrogen and oxygen atoms in total. The van der Waals surface area contributed by atoms with Crippen molar-refractivity contribution in [1.82, 2.24) is 24.0 Å². The maximum Gasteiger partial charge on any atom is 0.330 e. The van der Waals surface area contributed by atoms with Crippen molar-refractivity contribution in [3.8, 4) is 0 Å². The molecule has 0 aliphatic carbocycles. The van der Waals surface area contributed by atoms with Crippen LogP contribution in [0.25, 0.3) is 17.1 Å². The van der Waals surface area contributed by atoms with Crippen molar-refractivity contribution in [1.29, 1.82) is 0 Å². The molecule has 2 aromatic heterocycles. The van der Waals surface area contributed by atoms with Crippen molar-refractivity contribution < 1.29 is 9.18 Å². The second-order valence-electron chi connectivity index (χ2n) is 6.44. The number of rotatable bonds is 5. The van der Waals surface area contributed by atoms with Crippen LogP contribution in [0, 0.1) is 5.82 Å². The van der Waals surface area contributed by atoms with Gasteiger partial charge < -0.3 is 14.5 Å². The van der Waals surface area contributed by atoms with Gasteiger partial charge in [-0.25, -0.2) is 14.2 Å². The molecule has 0 bridgehead atoms. The molecule has 0 saturated heterocycles. The number of carbonyl (C=O) groups excluding carboxylic acids is 1. The minimum Gasteiger partial charge on any atom is -0.352 e. The van der Waals surface area contributed by atoms with E-state index in [2.05, 4.69) is 10.3 Å². The van der Waals surface area contributed by atoms with E-state index < -0.39 is 11.2 Å². The summed E-state index contributed by atoms with van der Waals surface area (Å²) < 4.78 is 17.4. The fourth-order valence-electron chi connectivity index (χ4n) is 2.92. The lowest BCUT2D eigenvalue weighted by Crippen LogP contribution is -2.37. The van der Waals surface area contributed by atoms with Gasteiger partial charge in [0.1, 0.15) is 11.6 Å². The average molecular weight is 385 g/mol. The van der Waals surface area contributed by atoms with Crippen LogP contribution in [0.1, 0.15) is 11.4 Å². The molecule has 0 fully saturated rings. The van der Waals surface area contributed by atoms with Crippen molar-refractivity contribution in [3.05, 3.63) is 68.5 Å². The Morgan fingerprint density at radius 3 is 2.71 bits per heavy atom. The minimum absolute atomic E-state index is 0.233. The summed E-state index contributed by atoms with van der Waals surface area (Å²) in [6, 6.07) is 4.41. The Morgan fingerprint density at radius 1 is 1.21 bits per heavy atom. The smallest absolute Gasteiger partial charge is 0.330 e. The third kappa shape index (κ3) is 3.78. The molecular formula is C19H20FN5O3. The van der Waals surface area contributed by atoms with Gasteiger partial charge in [0, 0.05) is 52.4 Å². The maximum atomic E-state index is 13.3. The Kier molecular flexibility index (Phi) is 5.25. The van der Waals surface area contributed by atoms with Crippen LogP contribution in [0.3, 0.4) is 0 Å². The van der Waals surface area contributed by atoms with E-state index in [-0.39, 0.29) is 17.3 Å². The van der Waals surface area contributed by atoms with Crippen LogP contribution in [-0.2, 0) is 32.4 Å². The second kappa shape index (κ2) is 7.63. The zero-order valence-corrected chi connectivity index (χ0v) is 15.8. The fourth-order valence-corrected chi connectivity index (χ4v) is 2.92. The molecule has 0 aliphatic heterocycles. The van der Waals surface area contributed by atoms with Crippen molar-refractivity contribution in [2.24, 2.45) is 21.1 Å². The Balaban J connectivity index is 1.64. The first-order chi connectivity index (χ1) is 13.3. The lowest BCUT2D eigenvalue weighted by molar-refractivity contribution is -0.116. The summed E-state index contributed by atoms with van der Waals surface area (Å²) in [6.45, 7) is 0.327. The number of carbonyl (C=O) groups is 1. The van der Waals surface area contributed by atoms with Gasteiger partial charge in [-0.15, -0.1) is 0 Å². The van der Waals surface area contributed by atoms with Crippen LogP contribution < -0.4 is 16.6 Å². The topological polar surface area (TPSA) is 90.9 Å². The zero-order chi connectivity index (χ0) is 20.4. The summed E-state index contributed by atoms with van der Waals surface area (Å²) in [7, 11) is 4.74. The summed E-state index contributed by atoms with van der Waals surface area (Å²) in [5.74, 6) is -0.00216. The molecule has 1 N–H and O–H groups in total. The van der Waals surface area contributed by atoms with E-state index in [1.165, 1.54) is 49.1 Å². The van der Waals surface area contributed by atoms with Crippen LogP contribution in [0.15, 0.2) is 40.1 Å². The number of hydrogen-bond donors (Lipinski definition) is 1. The molecule has 1 amide bonds. The molecular weight excluding hydrogens is 365 g/mol. The minimum atomic E-state index is -0.473. The van der Waals surface area contributed by atoms with Gasteiger partial charge in [0.25, 0.3) is 5.56 Å². The highest BCUT2D eigenvalue weighted by molar-refractivity contribution is 5.91. The third-order valence-electron chi connectivity index (χ3n) is 4.47. The number of aromatic nitrogens is 4. The Morgan fingerprint density at radius 2 is 1.96 bits per heavy atom. The average Bonchev–Trinajstić information content (AvgIpc) is 2.96. The number of imidazole rings is 1. The summed E-state index contributed by atoms with van der Waals surface area (Å²) in [4.78, 5) is 40.1. The molecule has 0 saturated carbocycles. The summed E-state index contributed by atoms with van der Waals surface area (Å²) in [5, 5.41) is 2.71. The Bertz CT molecular complexity index is 1200. The molecule has 0 spiro atoms. The molecule has 2 heterocycles. The van der Waals surface area contributed by atoms with Crippen LogP contribution in [0.2, 0.25) is 0 Å². The lowest BCUT2D eigenvalue weighted by atomic mass is 10.3. The van der Waals surface area contributed by atoms with E-state index in [4.69, 9.17) is 0 Å². The molecule has 0 radical (unpaired) electrons. The van der Waals surface area contributed by atoms with E-state index >= 15 is 0 Å². The fraction of sp³-hybridized carbons (Fsp3) is 0.263. The predicted octanol–water partition coefficient (Wildman–Crippen LogP) is 0.482. The van der Waals surface area contributed by atoms with E-state index in [0.717, 1.165) is 15.9 Å². The monoisotopic (exact) mass is 385 g/mol. The van der Waals surface area contributed by atoms with Crippen molar-refractivity contribution >= 4 is 23.0 Å². The molecule has 0 aliphatic rings. The number of halogens is 1. The highest BCUT2D eigenvalue weighted by atomic mass is 19.1. The standard InChI is InChI=1S/C19H20FN5O3/c1-23-11-12(18(27)25(3)19(23)28)4-7-17(26)21-9-8-16-22-14-10-13(20)5-6-15(14)24(16)2/h4-7,10-11H,8-9H2,1-3H3,(H,21,26)/b7-4+. The summed E-state index contributed by atoms with van der Waals surface area (Å²) >= 11 is 0. The Labute approximate surface area is 159 Å².